The van der Waals surface area contributed by atoms with Gasteiger partial charge in [-0.25, -0.2) is 0 Å². The van der Waals surface area contributed by atoms with Gasteiger partial charge in [0.05, 0.1) is 6.54 Å². The Hall–Kier alpha value is -1.99. The Bertz CT molecular complexity index is 737. The van der Waals surface area contributed by atoms with Crippen molar-refractivity contribution in [2.75, 3.05) is 42.9 Å². The largest absolute Gasteiger partial charge is 0.369 e. The van der Waals surface area contributed by atoms with Gasteiger partial charge in [0.25, 0.3) is 0 Å². The fraction of sp³-hybridized carbons (Fsp3) is 0.500. The third-order valence-corrected chi connectivity index (χ3v) is 5.65. The second-order valence-electron chi connectivity index (χ2n) is 6.38. The van der Waals surface area contributed by atoms with Gasteiger partial charge in [0, 0.05) is 31.9 Å². The zero-order chi connectivity index (χ0) is 17.8. The molecule has 0 saturated carbocycles. The predicted octanol–water partition coefficient (Wildman–Crippen LogP) is 2.48. The van der Waals surface area contributed by atoms with E-state index in [-0.39, 0.29) is 5.91 Å². The lowest BCUT2D eigenvalue weighted by Gasteiger charge is -2.36. The van der Waals surface area contributed by atoms with E-state index in [4.69, 9.17) is 0 Å². The summed E-state index contributed by atoms with van der Waals surface area (Å²) in [5.41, 5.74) is 3.98. The van der Waals surface area contributed by atoms with Crippen LogP contribution in [-0.2, 0) is 11.2 Å². The van der Waals surface area contributed by atoms with Crippen molar-refractivity contribution in [2.24, 2.45) is 0 Å². The van der Waals surface area contributed by atoms with Gasteiger partial charge >= 0.3 is 0 Å². The summed E-state index contributed by atoms with van der Waals surface area (Å²) >= 11 is 1.44. The highest BCUT2D eigenvalue weighted by Crippen LogP contribution is 2.23. The molecule has 134 valence electrons. The van der Waals surface area contributed by atoms with Crippen molar-refractivity contribution in [1.82, 2.24) is 15.1 Å². The summed E-state index contributed by atoms with van der Waals surface area (Å²) in [4.78, 5) is 16.8. The second kappa shape index (κ2) is 7.93. The quantitative estimate of drug-likeness (QED) is 0.889. The van der Waals surface area contributed by atoms with Gasteiger partial charge in [-0.15, -0.1) is 10.2 Å². The number of nitrogens with one attached hydrogen (secondary N) is 1. The Morgan fingerprint density at radius 2 is 1.96 bits per heavy atom. The topological polar surface area (TPSA) is 61.4 Å². The van der Waals surface area contributed by atoms with Crippen LogP contribution in [-0.4, -0.2) is 53.7 Å². The van der Waals surface area contributed by atoms with Gasteiger partial charge in [0.1, 0.15) is 5.01 Å². The number of nitrogens with zero attached hydrogens (tertiary/aromatic N) is 4. The molecule has 1 saturated heterocycles. The molecule has 0 atom stereocenters. The highest BCUT2D eigenvalue weighted by molar-refractivity contribution is 7.15. The Morgan fingerprint density at radius 3 is 2.64 bits per heavy atom. The number of carbonyl (C=O) groups is 1. The van der Waals surface area contributed by atoms with Gasteiger partial charge in [-0.2, -0.15) is 0 Å². The number of aromatic nitrogens is 2. The number of hydrogen-bond donors (Lipinski definition) is 1. The molecule has 3 rings (SSSR count). The maximum Gasteiger partial charge on any atom is 0.240 e. The summed E-state index contributed by atoms with van der Waals surface area (Å²) in [6.07, 6.45) is 0.841. The van der Waals surface area contributed by atoms with Gasteiger partial charge < -0.3 is 4.90 Å². The van der Waals surface area contributed by atoms with E-state index in [1.807, 2.05) is 6.92 Å². The number of anilines is 2. The molecule has 0 aliphatic carbocycles. The van der Waals surface area contributed by atoms with E-state index >= 15 is 0 Å². The molecule has 1 aromatic carbocycles. The summed E-state index contributed by atoms with van der Waals surface area (Å²) in [6, 6.07) is 6.45. The first-order chi connectivity index (χ1) is 12.1. The molecule has 2 aromatic rings. The van der Waals surface area contributed by atoms with Crippen LogP contribution in [0.4, 0.5) is 10.8 Å². The number of benzene rings is 1. The lowest BCUT2D eigenvalue weighted by molar-refractivity contribution is -0.117. The minimum Gasteiger partial charge on any atom is -0.369 e. The number of hydrogen-bond acceptors (Lipinski definition) is 6. The molecular weight excluding hydrogens is 334 g/mol. The first kappa shape index (κ1) is 17.8. The van der Waals surface area contributed by atoms with E-state index in [2.05, 4.69) is 57.4 Å². The second-order valence-corrected chi connectivity index (χ2v) is 7.45. The fourth-order valence-electron chi connectivity index (χ4n) is 3.03. The number of aryl methyl sites for hydroxylation is 2. The van der Waals surface area contributed by atoms with Crippen LogP contribution in [0.1, 0.15) is 23.1 Å². The SMILES string of the molecule is CCc1nnc(NC(=O)CN2CCN(c3cccc(C)c3C)CC2)s1. The molecule has 0 radical (unpaired) electrons. The molecule has 1 fully saturated rings. The van der Waals surface area contributed by atoms with Crippen LogP contribution in [0.5, 0.6) is 0 Å². The lowest BCUT2D eigenvalue weighted by Crippen LogP contribution is -2.48. The minimum atomic E-state index is -0.0148. The summed E-state index contributed by atoms with van der Waals surface area (Å²) in [5.74, 6) is -0.0148. The van der Waals surface area contributed by atoms with Gasteiger partial charge in [0.2, 0.25) is 11.0 Å². The zero-order valence-corrected chi connectivity index (χ0v) is 15.9. The first-order valence-corrected chi connectivity index (χ1v) is 9.54. The van der Waals surface area contributed by atoms with E-state index in [0.717, 1.165) is 37.6 Å². The Labute approximate surface area is 152 Å². The molecule has 1 aliphatic heterocycles. The van der Waals surface area contributed by atoms with Crippen molar-refractivity contribution in [2.45, 2.75) is 27.2 Å². The molecule has 25 heavy (non-hydrogen) atoms. The standard InChI is InChI=1S/C18H25N5OS/c1-4-17-20-21-18(25-17)19-16(24)12-22-8-10-23(11-9-22)15-7-5-6-13(2)14(15)3/h5-7H,4,8-12H2,1-3H3,(H,19,21,24). The number of rotatable bonds is 5. The van der Waals surface area contributed by atoms with Crippen molar-refractivity contribution >= 4 is 28.1 Å². The molecule has 6 nitrogen and oxygen atoms in total. The third-order valence-electron chi connectivity index (χ3n) is 4.67. The van der Waals surface area contributed by atoms with Crippen LogP contribution in [0.3, 0.4) is 0 Å². The van der Waals surface area contributed by atoms with Crippen molar-refractivity contribution < 1.29 is 4.79 Å². The predicted molar refractivity (Wildman–Crippen MR) is 102 cm³/mol. The van der Waals surface area contributed by atoms with E-state index in [1.165, 1.54) is 28.2 Å². The maximum absolute atomic E-state index is 12.2. The molecule has 0 spiro atoms. The molecule has 1 amide bonds. The van der Waals surface area contributed by atoms with Gasteiger partial charge in [-0.3, -0.25) is 15.0 Å². The van der Waals surface area contributed by atoms with Gasteiger partial charge in [-0.05, 0) is 37.5 Å². The van der Waals surface area contributed by atoms with E-state index in [0.29, 0.717) is 11.7 Å². The molecule has 1 aromatic heterocycles. The van der Waals surface area contributed by atoms with Crippen LogP contribution < -0.4 is 10.2 Å². The van der Waals surface area contributed by atoms with Crippen LogP contribution in [0.2, 0.25) is 0 Å². The van der Waals surface area contributed by atoms with Gasteiger partial charge in [-0.1, -0.05) is 30.4 Å². The first-order valence-electron chi connectivity index (χ1n) is 8.72. The molecule has 0 bridgehead atoms. The highest BCUT2D eigenvalue weighted by atomic mass is 32.1. The molecule has 0 unspecified atom stereocenters. The van der Waals surface area contributed by atoms with E-state index in [1.54, 1.807) is 0 Å². The molecule has 1 aliphatic rings. The van der Waals surface area contributed by atoms with E-state index in [9.17, 15) is 4.79 Å². The third kappa shape index (κ3) is 4.35. The van der Waals surface area contributed by atoms with Crippen LogP contribution in [0.15, 0.2) is 18.2 Å². The normalized spacial score (nSPS) is 15.4. The zero-order valence-electron chi connectivity index (χ0n) is 15.1. The monoisotopic (exact) mass is 359 g/mol. The van der Waals surface area contributed by atoms with Crippen molar-refractivity contribution in [1.29, 1.82) is 0 Å². The summed E-state index contributed by atoms with van der Waals surface area (Å²) < 4.78 is 0. The molecule has 2 heterocycles. The lowest BCUT2D eigenvalue weighted by atomic mass is 10.1. The van der Waals surface area contributed by atoms with Crippen LogP contribution in [0, 0.1) is 13.8 Å². The Morgan fingerprint density at radius 1 is 1.20 bits per heavy atom. The van der Waals surface area contributed by atoms with Crippen LogP contribution in [0.25, 0.3) is 0 Å². The maximum atomic E-state index is 12.2. The van der Waals surface area contributed by atoms with Crippen molar-refractivity contribution in [3.63, 3.8) is 0 Å². The number of piperazine rings is 1. The Kier molecular flexibility index (Phi) is 5.65. The number of carbonyl (C=O) groups excluding carboxylic acids is 1. The molecular formula is C18H25N5OS. The number of amides is 1. The summed E-state index contributed by atoms with van der Waals surface area (Å²) in [6.45, 7) is 10.4. The van der Waals surface area contributed by atoms with Crippen molar-refractivity contribution in [3.05, 3.63) is 34.3 Å². The highest BCUT2D eigenvalue weighted by Gasteiger charge is 2.21. The fourth-order valence-corrected chi connectivity index (χ4v) is 3.73. The van der Waals surface area contributed by atoms with Gasteiger partial charge in [0.15, 0.2) is 0 Å². The Balaban J connectivity index is 1.50. The van der Waals surface area contributed by atoms with Crippen molar-refractivity contribution in [3.8, 4) is 0 Å². The molecule has 1 N–H and O–H groups in total. The average molecular weight is 359 g/mol. The molecule has 7 heteroatoms. The minimum absolute atomic E-state index is 0.0148. The summed E-state index contributed by atoms with van der Waals surface area (Å²) in [7, 11) is 0. The average Bonchev–Trinajstić information content (AvgIpc) is 3.05. The summed E-state index contributed by atoms with van der Waals surface area (Å²) in [5, 5.41) is 12.4. The van der Waals surface area contributed by atoms with E-state index < -0.39 is 0 Å². The van der Waals surface area contributed by atoms with Crippen LogP contribution >= 0.6 is 11.3 Å². The smallest absolute Gasteiger partial charge is 0.240 e.